The molecule has 0 saturated carbocycles. The van der Waals surface area contributed by atoms with Crippen molar-refractivity contribution in [1.82, 2.24) is 29.8 Å². The molecule has 38 heavy (non-hydrogen) atoms. The fraction of sp³-hybridized carbons (Fsp3) is 0.250. The molecule has 0 unspecified atom stereocenters. The minimum atomic E-state index is -0.495. The van der Waals surface area contributed by atoms with E-state index >= 15 is 0 Å². The quantitative estimate of drug-likeness (QED) is 0.315. The van der Waals surface area contributed by atoms with Gasteiger partial charge in [0, 0.05) is 35.9 Å². The normalized spacial score (nSPS) is 16.2. The van der Waals surface area contributed by atoms with E-state index < -0.39 is 18.3 Å². The van der Waals surface area contributed by atoms with Crippen LogP contribution in [0.15, 0.2) is 79.1 Å². The summed E-state index contributed by atoms with van der Waals surface area (Å²) in [6, 6.07) is 21.2. The Kier molecular flexibility index (Phi) is 5.93. The molecule has 1 fully saturated rings. The van der Waals surface area contributed by atoms with Gasteiger partial charge in [0.05, 0.1) is 11.2 Å². The Morgan fingerprint density at radius 1 is 0.842 bits per heavy atom. The van der Waals surface area contributed by atoms with E-state index in [1.54, 1.807) is 23.0 Å². The van der Waals surface area contributed by atoms with Gasteiger partial charge in [-0.2, -0.15) is 4.52 Å². The van der Waals surface area contributed by atoms with Crippen molar-refractivity contribution < 1.29 is 14.0 Å². The molecule has 0 amide bonds. The van der Waals surface area contributed by atoms with Gasteiger partial charge in [0.2, 0.25) is 5.88 Å². The van der Waals surface area contributed by atoms with E-state index in [1.165, 1.54) is 0 Å². The van der Waals surface area contributed by atoms with Gasteiger partial charge in [0.15, 0.2) is 17.3 Å². The summed E-state index contributed by atoms with van der Waals surface area (Å²) in [5, 5.41) is 13.2. The second-order valence-corrected chi connectivity index (χ2v) is 10.3. The molecule has 190 valence electrons. The second-order valence-electron chi connectivity index (χ2n) is 10.3. The van der Waals surface area contributed by atoms with Gasteiger partial charge in [0.25, 0.3) is 0 Å². The summed E-state index contributed by atoms with van der Waals surface area (Å²) in [4.78, 5) is 9.19. The number of nitrogens with zero attached hydrogens (tertiary/aromatic N) is 6. The van der Waals surface area contributed by atoms with Crippen LogP contribution in [-0.4, -0.2) is 48.1 Å². The zero-order valence-electron chi connectivity index (χ0n) is 21.7. The lowest BCUT2D eigenvalue weighted by atomic mass is 9.81. The molecule has 0 bridgehead atoms. The van der Waals surface area contributed by atoms with Crippen LogP contribution in [0.25, 0.3) is 17.0 Å². The molecular formula is C28H27BN6O3. The molecule has 0 radical (unpaired) electrons. The second kappa shape index (κ2) is 9.31. The molecule has 6 rings (SSSR count). The number of hydrogen-bond acceptors (Lipinski definition) is 8. The first kappa shape index (κ1) is 24.2. The van der Waals surface area contributed by atoms with E-state index in [9.17, 15) is 0 Å². The third-order valence-corrected chi connectivity index (χ3v) is 7.01. The number of hydrogen-bond donors (Lipinski definition) is 0. The van der Waals surface area contributed by atoms with Gasteiger partial charge in [0.1, 0.15) is 5.75 Å². The molecule has 3 aromatic heterocycles. The third-order valence-electron chi connectivity index (χ3n) is 7.01. The van der Waals surface area contributed by atoms with Crippen molar-refractivity contribution in [3.8, 4) is 23.0 Å². The Morgan fingerprint density at radius 3 is 2.32 bits per heavy atom. The standard InChI is InChI=1S/C28H27BN6O3/c1-27(2)28(3,4)38-29(37-27)21-17-30-26(31-18-21)20-10-8-9-19(15-20)16-24-33-32-23-13-14-25(34-35(23)24)36-22-11-6-5-7-12-22/h5-15,17-18H,16H2,1-4H3. The molecule has 10 heteroatoms. The van der Waals surface area contributed by atoms with Gasteiger partial charge in [-0.3, -0.25) is 0 Å². The first-order chi connectivity index (χ1) is 18.3. The van der Waals surface area contributed by atoms with Crippen molar-refractivity contribution in [3.05, 3.63) is 90.5 Å². The van der Waals surface area contributed by atoms with Crippen LogP contribution in [0.2, 0.25) is 0 Å². The largest absolute Gasteiger partial charge is 0.498 e. The van der Waals surface area contributed by atoms with Crippen molar-refractivity contribution in [1.29, 1.82) is 0 Å². The van der Waals surface area contributed by atoms with Crippen LogP contribution in [0.5, 0.6) is 11.6 Å². The predicted octanol–water partition coefficient (Wildman–Crippen LogP) is 4.26. The average Bonchev–Trinajstić information content (AvgIpc) is 3.40. The van der Waals surface area contributed by atoms with Crippen LogP contribution in [0.4, 0.5) is 0 Å². The number of rotatable bonds is 6. The highest BCUT2D eigenvalue weighted by Crippen LogP contribution is 2.36. The molecule has 4 heterocycles. The number of fused-ring (bicyclic) bond motifs is 1. The van der Waals surface area contributed by atoms with E-state index in [4.69, 9.17) is 14.0 Å². The first-order valence-corrected chi connectivity index (χ1v) is 12.5. The highest BCUT2D eigenvalue weighted by atomic mass is 16.7. The van der Waals surface area contributed by atoms with Gasteiger partial charge in [-0.05, 0) is 57.5 Å². The minimum absolute atomic E-state index is 0.417. The Morgan fingerprint density at radius 2 is 1.58 bits per heavy atom. The molecular weight excluding hydrogens is 479 g/mol. The monoisotopic (exact) mass is 506 g/mol. The van der Waals surface area contributed by atoms with E-state index in [-0.39, 0.29) is 0 Å². The zero-order valence-corrected chi connectivity index (χ0v) is 21.7. The topological polar surface area (TPSA) is 96.6 Å². The van der Waals surface area contributed by atoms with Crippen molar-refractivity contribution in [2.75, 3.05) is 0 Å². The summed E-state index contributed by atoms with van der Waals surface area (Å²) in [6.45, 7) is 8.11. The third kappa shape index (κ3) is 4.64. The number of para-hydroxylation sites is 1. The summed E-state index contributed by atoms with van der Waals surface area (Å²) in [5.41, 5.74) is 2.54. The maximum Gasteiger partial charge on any atom is 0.498 e. The van der Waals surface area contributed by atoms with Gasteiger partial charge in [-0.25, -0.2) is 9.97 Å². The molecule has 1 aliphatic rings. The Hall–Kier alpha value is -4.15. The van der Waals surface area contributed by atoms with Crippen molar-refractivity contribution >= 4 is 18.2 Å². The maximum atomic E-state index is 6.12. The van der Waals surface area contributed by atoms with Crippen LogP contribution in [0.3, 0.4) is 0 Å². The summed E-state index contributed by atoms with van der Waals surface area (Å²) in [6.07, 6.45) is 4.06. The van der Waals surface area contributed by atoms with Crippen LogP contribution >= 0.6 is 0 Å². The number of aromatic nitrogens is 6. The molecule has 0 N–H and O–H groups in total. The molecule has 1 saturated heterocycles. The Balaban J connectivity index is 1.21. The van der Waals surface area contributed by atoms with E-state index in [2.05, 4.69) is 31.3 Å². The zero-order chi connectivity index (χ0) is 26.3. The maximum absolute atomic E-state index is 6.12. The predicted molar refractivity (Wildman–Crippen MR) is 143 cm³/mol. The highest BCUT2D eigenvalue weighted by Gasteiger charge is 2.51. The lowest BCUT2D eigenvalue weighted by Crippen LogP contribution is -2.41. The van der Waals surface area contributed by atoms with Gasteiger partial charge in [-0.15, -0.1) is 15.3 Å². The van der Waals surface area contributed by atoms with Gasteiger partial charge >= 0.3 is 7.12 Å². The Bertz CT molecular complexity index is 1570. The first-order valence-electron chi connectivity index (χ1n) is 12.5. The van der Waals surface area contributed by atoms with Crippen LogP contribution in [-0.2, 0) is 15.7 Å². The van der Waals surface area contributed by atoms with Crippen molar-refractivity contribution in [3.63, 3.8) is 0 Å². The van der Waals surface area contributed by atoms with Gasteiger partial charge in [-0.1, -0.05) is 36.4 Å². The summed E-state index contributed by atoms with van der Waals surface area (Å²) in [5.74, 6) is 2.50. The van der Waals surface area contributed by atoms with E-state index in [0.717, 1.165) is 16.6 Å². The SMILES string of the molecule is CC1(C)OB(c2cnc(-c3cccc(Cc4nnc5ccc(Oc6ccccc6)nn45)c3)nc2)OC1(C)C. The van der Waals surface area contributed by atoms with Crippen LogP contribution < -0.4 is 10.2 Å². The molecule has 0 spiro atoms. The average molecular weight is 506 g/mol. The fourth-order valence-electron chi connectivity index (χ4n) is 4.18. The summed E-state index contributed by atoms with van der Waals surface area (Å²) >= 11 is 0. The van der Waals surface area contributed by atoms with Crippen LogP contribution in [0.1, 0.15) is 39.1 Å². The molecule has 2 aromatic carbocycles. The van der Waals surface area contributed by atoms with Crippen LogP contribution in [0, 0.1) is 0 Å². The smallest absolute Gasteiger partial charge is 0.438 e. The molecule has 9 nitrogen and oxygen atoms in total. The number of benzene rings is 2. The summed E-state index contributed by atoms with van der Waals surface area (Å²) < 4.78 is 19.8. The van der Waals surface area contributed by atoms with Gasteiger partial charge < -0.3 is 14.0 Å². The molecule has 0 aliphatic carbocycles. The highest BCUT2D eigenvalue weighted by molar-refractivity contribution is 6.61. The Labute approximate surface area is 221 Å². The lowest BCUT2D eigenvalue weighted by Gasteiger charge is -2.32. The van der Waals surface area contributed by atoms with Crippen molar-refractivity contribution in [2.45, 2.75) is 45.3 Å². The number of ether oxygens (including phenoxy) is 1. The minimum Gasteiger partial charge on any atom is -0.438 e. The fourth-order valence-corrected chi connectivity index (χ4v) is 4.18. The molecule has 5 aromatic rings. The summed E-state index contributed by atoms with van der Waals surface area (Å²) in [7, 11) is -0.495. The van der Waals surface area contributed by atoms with E-state index in [1.807, 2.05) is 82.3 Å². The van der Waals surface area contributed by atoms with Crippen molar-refractivity contribution in [2.24, 2.45) is 0 Å². The molecule has 0 atom stereocenters. The van der Waals surface area contributed by atoms with E-state index in [0.29, 0.717) is 35.3 Å². The lowest BCUT2D eigenvalue weighted by molar-refractivity contribution is 0.00578. The molecule has 1 aliphatic heterocycles.